The maximum Gasteiger partial charge on any atom is 0.252 e. The van der Waals surface area contributed by atoms with Crippen molar-refractivity contribution in [1.29, 1.82) is 0 Å². The lowest BCUT2D eigenvalue weighted by Gasteiger charge is -2.24. The van der Waals surface area contributed by atoms with Crippen LogP contribution in [0, 0.1) is 0 Å². The van der Waals surface area contributed by atoms with Crippen LogP contribution in [0.3, 0.4) is 0 Å². The summed E-state index contributed by atoms with van der Waals surface area (Å²) in [6, 6.07) is 23.7. The first-order valence-corrected chi connectivity index (χ1v) is 12.1. The van der Waals surface area contributed by atoms with Crippen molar-refractivity contribution in [3.05, 3.63) is 95.0 Å². The Hall–Kier alpha value is -3.42. The molecule has 1 heterocycles. The number of benzene rings is 3. The second kappa shape index (κ2) is 11.3. The normalized spacial score (nSPS) is 15.4. The molecule has 0 spiro atoms. The van der Waals surface area contributed by atoms with Gasteiger partial charge in [-0.05, 0) is 66.2 Å². The van der Waals surface area contributed by atoms with Gasteiger partial charge in [-0.25, -0.2) is 0 Å². The molecule has 1 saturated heterocycles. The monoisotopic (exact) mass is 507 g/mol. The van der Waals surface area contributed by atoms with Crippen LogP contribution < -0.4 is 10.1 Å². The molecule has 4 rings (SSSR count). The lowest BCUT2D eigenvalue weighted by molar-refractivity contribution is -0.131. The molecular formula is C27H26ClN3O3S. The summed E-state index contributed by atoms with van der Waals surface area (Å²) >= 11 is 11.7. The second-order valence-corrected chi connectivity index (χ2v) is 9.06. The summed E-state index contributed by atoms with van der Waals surface area (Å²) in [7, 11) is 1.59. The first-order chi connectivity index (χ1) is 16.9. The highest BCUT2D eigenvalue weighted by Crippen LogP contribution is 2.25. The molecule has 0 bridgehead atoms. The fourth-order valence-corrected chi connectivity index (χ4v) is 4.52. The Morgan fingerprint density at radius 1 is 1.00 bits per heavy atom. The van der Waals surface area contributed by atoms with Gasteiger partial charge >= 0.3 is 0 Å². The van der Waals surface area contributed by atoms with E-state index < -0.39 is 6.04 Å². The fraction of sp³-hybridized carbons (Fsp3) is 0.222. The zero-order valence-corrected chi connectivity index (χ0v) is 20.9. The van der Waals surface area contributed by atoms with E-state index in [2.05, 4.69) is 5.32 Å². The quantitative estimate of drug-likeness (QED) is 0.417. The second-order valence-electron chi connectivity index (χ2n) is 8.26. The van der Waals surface area contributed by atoms with Gasteiger partial charge in [0.1, 0.15) is 11.8 Å². The van der Waals surface area contributed by atoms with E-state index in [1.54, 1.807) is 36.3 Å². The van der Waals surface area contributed by atoms with E-state index in [0.717, 1.165) is 11.1 Å². The molecule has 0 aliphatic carbocycles. The molecule has 1 aliphatic heterocycles. The minimum atomic E-state index is -0.670. The number of methoxy groups -OCH3 is 1. The summed E-state index contributed by atoms with van der Waals surface area (Å²) < 4.78 is 5.16. The largest absolute Gasteiger partial charge is 0.497 e. The molecule has 1 N–H and O–H groups in total. The molecule has 1 atom stereocenters. The van der Waals surface area contributed by atoms with Crippen LogP contribution >= 0.6 is 23.8 Å². The summed E-state index contributed by atoms with van der Waals surface area (Å²) in [6.07, 6.45) is 0.664. The van der Waals surface area contributed by atoms with Gasteiger partial charge in [-0.3, -0.25) is 14.5 Å². The Labute approximate surface area is 215 Å². The summed E-state index contributed by atoms with van der Waals surface area (Å²) in [5.41, 5.74) is 2.69. The molecule has 3 aromatic carbocycles. The molecule has 180 valence electrons. The first-order valence-electron chi connectivity index (χ1n) is 11.3. The van der Waals surface area contributed by atoms with Gasteiger partial charge in [-0.15, -0.1) is 0 Å². The van der Waals surface area contributed by atoms with Crippen molar-refractivity contribution in [2.24, 2.45) is 0 Å². The molecule has 2 amide bonds. The number of amides is 2. The standard InChI is InChI=1S/C27H26ClN3O3S/c1-34-23-13-11-22(12-14-23)29-25(32)17-24-26(33)31(18-20-5-3-2-4-6-20)27(35)30(24)16-15-19-7-9-21(28)10-8-19/h2-14,24H,15-18H2,1H3,(H,29,32)/t24-/m1/s1. The minimum absolute atomic E-state index is 0.00307. The van der Waals surface area contributed by atoms with E-state index in [4.69, 9.17) is 28.6 Å². The lowest BCUT2D eigenvalue weighted by atomic mass is 10.1. The van der Waals surface area contributed by atoms with E-state index in [-0.39, 0.29) is 18.2 Å². The molecule has 0 saturated carbocycles. The van der Waals surface area contributed by atoms with Crippen molar-refractivity contribution in [3.63, 3.8) is 0 Å². The van der Waals surface area contributed by atoms with E-state index in [0.29, 0.717) is 41.1 Å². The van der Waals surface area contributed by atoms with Crippen LogP contribution in [0.4, 0.5) is 5.69 Å². The van der Waals surface area contributed by atoms with Crippen LogP contribution in [0.2, 0.25) is 5.02 Å². The highest BCUT2D eigenvalue weighted by atomic mass is 35.5. The van der Waals surface area contributed by atoms with Crippen molar-refractivity contribution in [2.45, 2.75) is 25.4 Å². The summed E-state index contributed by atoms with van der Waals surface area (Å²) in [6.45, 7) is 0.879. The molecule has 3 aromatic rings. The maximum absolute atomic E-state index is 13.4. The third-order valence-corrected chi connectivity index (χ3v) is 6.60. The Morgan fingerprint density at radius 3 is 2.34 bits per heavy atom. The van der Waals surface area contributed by atoms with Crippen LogP contribution in [0.15, 0.2) is 78.9 Å². The van der Waals surface area contributed by atoms with E-state index in [1.807, 2.05) is 59.5 Å². The number of anilines is 1. The molecule has 6 nitrogen and oxygen atoms in total. The fourth-order valence-electron chi connectivity index (χ4n) is 4.02. The Balaban J connectivity index is 1.49. The van der Waals surface area contributed by atoms with Crippen molar-refractivity contribution < 1.29 is 14.3 Å². The smallest absolute Gasteiger partial charge is 0.252 e. The van der Waals surface area contributed by atoms with E-state index >= 15 is 0 Å². The number of halogens is 1. The molecule has 1 fully saturated rings. The lowest BCUT2D eigenvalue weighted by Crippen LogP contribution is -2.39. The van der Waals surface area contributed by atoms with Gasteiger partial charge in [-0.2, -0.15) is 0 Å². The van der Waals surface area contributed by atoms with Crippen LogP contribution in [-0.2, 0) is 22.6 Å². The SMILES string of the molecule is COc1ccc(NC(=O)C[C@@H]2C(=O)N(Cc3ccccc3)C(=S)N2CCc2ccc(Cl)cc2)cc1. The maximum atomic E-state index is 13.4. The Morgan fingerprint density at radius 2 is 1.69 bits per heavy atom. The summed E-state index contributed by atoms with van der Waals surface area (Å²) in [5.74, 6) is 0.276. The van der Waals surface area contributed by atoms with Crippen molar-refractivity contribution in [2.75, 3.05) is 19.0 Å². The number of nitrogens with zero attached hydrogens (tertiary/aromatic N) is 2. The number of thiocarbonyl (C=S) groups is 1. The number of nitrogens with one attached hydrogen (secondary N) is 1. The molecule has 0 aromatic heterocycles. The van der Waals surface area contributed by atoms with Crippen LogP contribution in [-0.4, -0.2) is 46.4 Å². The molecule has 0 unspecified atom stereocenters. The Kier molecular flexibility index (Phi) is 8.00. The molecule has 1 aliphatic rings. The zero-order valence-electron chi connectivity index (χ0n) is 19.3. The average Bonchev–Trinajstić information content (AvgIpc) is 3.08. The molecule has 8 heteroatoms. The predicted octanol–water partition coefficient (Wildman–Crippen LogP) is 4.92. The molecule has 0 radical (unpaired) electrons. The average molecular weight is 508 g/mol. The minimum Gasteiger partial charge on any atom is -0.497 e. The number of hydrogen-bond donors (Lipinski definition) is 1. The summed E-state index contributed by atoms with van der Waals surface area (Å²) in [4.78, 5) is 29.8. The van der Waals surface area contributed by atoms with Crippen molar-refractivity contribution in [1.82, 2.24) is 9.80 Å². The number of carbonyl (C=O) groups excluding carboxylic acids is 2. The number of carbonyl (C=O) groups is 2. The van der Waals surface area contributed by atoms with Gasteiger partial charge in [0.25, 0.3) is 5.91 Å². The topological polar surface area (TPSA) is 61.9 Å². The van der Waals surface area contributed by atoms with Crippen molar-refractivity contribution >= 4 is 46.4 Å². The third-order valence-electron chi connectivity index (χ3n) is 5.89. The Bertz CT molecular complexity index is 1190. The van der Waals surface area contributed by atoms with Crippen molar-refractivity contribution in [3.8, 4) is 5.75 Å². The van der Waals surface area contributed by atoms with E-state index in [9.17, 15) is 9.59 Å². The highest BCUT2D eigenvalue weighted by molar-refractivity contribution is 7.80. The van der Waals surface area contributed by atoms with Gasteiger partial charge < -0.3 is 15.0 Å². The molecular weight excluding hydrogens is 482 g/mol. The van der Waals surface area contributed by atoms with Gasteiger partial charge in [0.2, 0.25) is 5.91 Å². The highest BCUT2D eigenvalue weighted by Gasteiger charge is 2.43. The number of ether oxygens (including phenoxy) is 1. The van der Waals surface area contributed by atoms with Gasteiger partial charge in [0.15, 0.2) is 5.11 Å². The predicted molar refractivity (Wildman–Crippen MR) is 141 cm³/mol. The number of hydrogen-bond acceptors (Lipinski definition) is 4. The van der Waals surface area contributed by atoms with Crippen LogP contribution in [0.5, 0.6) is 5.75 Å². The summed E-state index contributed by atoms with van der Waals surface area (Å²) in [5, 5.41) is 3.98. The van der Waals surface area contributed by atoms with E-state index in [1.165, 1.54) is 0 Å². The zero-order chi connectivity index (χ0) is 24.8. The van der Waals surface area contributed by atoms with Gasteiger partial charge in [0, 0.05) is 17.3 Å². The first kappa shape index (κ1) is 24.7. The van der Waals surface area contributed by atoms with Gasteiger partial charge in [-0.1, -0.05) is 54.1 Å². The van der Waals surface area contributed by atoms with Crippen LogP contribution in [0.1, 0.15) is 17.5 Å². The third kappa shape index (κ3) is 6.18. The number of rotatable bonds is 9. The van der Waals surface area contributed by atoms with Crippen LogP contribution in [0.25, 0.3) is 0 Å². The molecule has 35 heavy (non-hydrogen) atoms. The van der Waals surface area contributed by atoms with Gasteiger partial charge in [0.05, 0.1) is 20.1 Å².